The topological polar surface area (TPSA) is 36.4 Å². The van der Waals surface area contributed by atoms with Gasteiger partial charge >= 0.3 is 0 Å². The number of aliphatic hydroxyl groups excluding tert-OH is 1. The molecular formula is C16H19BrN2O. The third kappa shape index (κ3) is 4.71. The zero-order valence-corrected chi connectivity index (χ0v) is 13.1. The summed E-state index contributed by atoms with van der Waals surface area (Å²) in [4.78, 5) is 6.48. The van der Waals surface area contributed by atoms with Gasteiger partial charge in [-0.15, -0.1) is 0 Å². The molecule has 106 valence electrons. The summed E-state index contributed by atoms with van der Waals surface area (Å²) in [7, 11) is 2.04. The van der Waals surface area contributed by atoms with Gasteiger partial charge in [0.25, 0.3) is 0 Å². The van der Waals surface area contributed by atoms with Gasteiger partial charge in [-0.3, -0.25) is 4.98 Å². The second-order valence-corrected chi connectivity index (χ2v) is 5.83. The highest BCUT2D eigenvalue weighted by Crippen LogP contribution is 2.20. The van der Waals surface area contributed by atoms with Crippen LogP contribution in [0.4, 0.5) is 0 Å². The predicted molar refractivity (Wildman–Crippen MR) is 84.3 cm³/mol. The number of halogens is 1. The third-order valence-electron chi connectivity index (χ3n) is 3.18. The van der Waals surface area contributed by atoms with Crippen LogP contribution in [0.3, 0.4) is 0 Å². The Kier molecular flexibility index (Phi) is 5.71. The predicted octanol–water partition coefficient (Wildman–Crippen LogP) is 3.40. The van der Waals surface area contributed by atoms with Crippen molar-refractivity contribution in [2.75, 3.05) is 13.6 Å². The van der Waals surface area contributed by atoms with Crippen molar-refractivity contribution >= 4 is 15.9 Å². The monoisotopic (exact) mass is 334 g/mol. The molecule has 0 radical (unpaired) electrons. The van der Waals surface area contributed by atoms with Gasteiger partial charge in [0.1, 0.15) is 0 Å². The molecule has 0 bridgehead atoms. The van der Waals surface area contributed by atoms with E-state index in [0.717, 1.165) is 28.8 Å². The maximum atomic E-state index is 10.2. The van der Waals surface area contributed by atoms with Crippen molar-refractivity contribution in [3.05, 3.63) is 64.4 Å². The minimum Gasteiger partial charge on any atom is -0.388 e. The Labute approximate surface area is 128 Å². The van der Waals surface area contributed by atoms with Crippen molar-refractivity contribution in [3.8, 4) is 0 Å². The number of aliphatic hydroxyl groups is 1. The second kappa shape index (κ2) is 7.53. The van der Waals surface area contributed by atoms with Crippen molar-refractivity contribution in [1.82, 2.24) is 9.88 Å². The lowest BCUT2D eigenvalue weighted by Crippen LogP contribution is -2.21. The molecule has 2 aromatic rings. The summed E-state index contributed by atoms with van der Waals surface area (Å²) in [6, 6.07) is 13.7. The van der Waals surface area contributed by atoms with E-state index in [1.54, 1.807) is 6.20 Å². The average molecular weight is 335 g/mol. The minimum atomic E-state index is -0.432. The van der Waals surface area contributed by atoms with Gasteiger partial charge in [-0.25, -0.2) is 0 Å². The summed E-state index contributed by atoms with van der Waals surface area (Å²) in [5.74, 6) is 0. The van der Waals surface area contributed by atoms with E-state index in [9.17, 15) is 5.11 Å². The summed E-state index contributed by atoms with van der Waals surface area (Å²) in [5.41, 5.74) is 2.00. The Balaban J connectivity index is 1.82. The highest BCUT2D eigenvalue weighted by molar-refractivity contribution is 9.10. The maximum absolute atomic E-state index is 10.2. The molecule has 20 heavy (non-hydrogen) atoms. The number of rotatable bonds is 6. The van der Waals surface area contributed by atoms with Crippen LogP contribution in [0.5, 0.6) is 0 Å². The molecule has 1 N–H and O–H groups in total. The number of benzene rings is 1. The molecule has 0 aliphatic carbocycles. The fraction of sp³-hybridized carbons (Fsp3) is 0.312. The van der Waals surface area contributed by atoms with Gasteiger partial charge in [-0.2, -0.15) is 0 Å². The molecule has 1 aromatic carbocycles. The molecule has 4 heteroatoms. The first kappa shape index (κ1) is 15.2. The molecule has 0 fully saturated rings. The summed E-state index contributed by atoms with van der Waals surface area (Å²) in [6.07, 6.45) is 2.08. The molecule has 0 saturated heterocycles. The van der Waals surface area contributed by atoms with E-state index in [1.165, 1.54) is 0 Å². The standard InChI is InChI=1S/C16H19BrN2O/c1-19(12-15-7-2-3-9-18-15)10-8-16(20)13-5-4-6-14(17)11-13/h2-7,9,11,16,20H,8,10,12H2,1H3. The quantitative estimate of drug-likeness (QED) is 0.879. The van der Waals surface area contributed by atoms with E-state index >= 15 is 0 Å². The Bertz CT molecular complexity index is 533. The smallest absolute Gasteiger partial charge is 0.0802 e. The molecule has 3 nitrogen and oxygen atoms in total. The van der Waals surface area contributed by atoms with Crippen LogP contribution >= 0.6 is 15.9 Å². The van der Waals surface area contributed by atoms with Crippen molar-refractivity contribution in [1.29, 1.82) is 0 Å². The van der Waals surface area contributed by atoms with E-state index in [1.807, 2.05) is 49.5 Å². The summed E-state index contributed by atoms with van der Waals surface area (Å²) < 4.78 is 0.996. The number of hydrogen-bond acceptors (Lipinski definition) is 3. The number of hydrogen-bond donors (Lipinski definition) is 1. The lowest BCUT2D eigenvalue weighted by atomic mass is 10.1. The first-order valence-electron chi connectivity index (χ1n) is 6.67. The first-order chi connectivity index (χ1) is 9.65. The van der Waals surface area contributed by atoms with Crippen LogP contribution < -0.4 is 0 Å². The van der Waals surface area contributed by atoms with E-state index in [0.29, 0.717) is 6.42 Å². The summed E-state index contributed by atoms with van der Waals surface area (Å²) >= 11 is 3.42. The summed E-state index contributed by atoms with van der Waals surface area (Å²) in [5, 5.41) is 10.2. The van der Waals surface area contributed by atoms with Gasteiger partial charge in [-0.05, 0) is 43.3 Å². The zero-order valence-electron chi connectivity index (χ0n) is 11.5. The van der Waals surface area contributed by atoms with Crippen LogP contribution in [0.15, 0.2) is 53.1 Å². The molecule has 1 unspecified atom stereocenters. The van der Waals surface area contributed by atoms with Gasteiger partial charge in [-0.1, -0.05) is 34.1 Å². The van der Waals surface area contributed by atoms with Crippen molar-refractivity contribution in [2.45, 2.75) is 19.1 Å². The van der Waals surface area contributed by atoms with Crippen molar-refractivity contribution in [2.24, 2.45) is 0 Å². The molecule has 2 rings (SSSR count). The van der Waals surface area contributed by atoms with Gasteiger partial charge in [0.15, 0.2) is 0 Å². The summed E-state index contributed by atoms with van der Waals surface area (Å²) in [6.45, 7) is 1.62. The minimum absolute atomic E-state index is 0.432. The van der Waals surface area contributed by atoms with Crippen LogP contribution in [0.2, 0.25) is 0 Å². The van der Waals surface area contributed by atoms with Crippen molar-refractivity contribution in [3.63, 3.8) is 0 Å². The van der Waals surface area contributed by atoms with Crippen LogP contribution in [0.1, 0.15) is 23.8 Å². The van der Waals surface area contributed by atoms with Gasteiger partial charge < -0.3 is 10.0 Å². The Morgan fingerprint density at radius 2 is 2.10 bits per heavy atom. The first-order valence-corrected chi connectivity index (χ1v) is 7.46. The average Bonchev–Trinajstić information content (AvgIpc) is 2.46. The fourth-order valence-corrected chi connectivity index (χ4v) is 2.49. The number of nitrogens with zero attached hydrogens (tertiary/aromatic N) is 2. The van der Waals surface area contributed by atoms with Gasteiger partial charge in [0, 0.05) is 23.8 Å². The van der Waals surface area contributed by atoms with Gasteiger partial charge in [0.05, 0.1) is 11.8 Å². The third-order valence-corrected chi connectivity index (χ3v) is 3.67. The van der Waals surface area contributed by atoms with E-state index in [4.69, 9.17) is 0 Å². The molecular weight excluding hydrogens is 316 g/mol. The Morgan fingerprint density at radius 3 is 2.80 bits per heavy atom. The molecule has 1 heterocycles. The SMILES string of the molecule is CN(CCC(O)c1cccc(Br)c1)Cc1ccccn1. The van der Waals surface area contributed by atoms with Gasteiger partial charge in [0.2, 0.25) is 0 Å². The van der Waals surface area contributed by atoms with Crippen molar-refractivity contribution < 1.29 is 5.11 Å². The highest BCUT2D eigenvalue weighted by Gasteiger charge is 2.09. The molecule has 0 aliphatic rings. The molecule has 0 spiro atoms. The fourth-order valence-electron chi connectivity index (χ4n) is 2.07. The van der Waals surface area contributed by atoms with E-state index in [-0.39, 0.29) is 0 Å². The van der Waals surface area contributed by atoms with Crippen LogP contribution in [-0.2, 0) is 6.54 Å². The maximum Gasteiger partial charge on any atom is 0.0802 e. The molecule has 1 atom stereocenters. The molecule has 0 saturated carbocycles. The van der Waals surface area contributed by atoms with E-state index < -0.39 is 6.10 Å². The van der Waals surface area contributed by atoms with E-state index in [2.05, 4.69) is 25.8 Å². The number of aromatic nitrogens is 1. The lowest BCUT2D eigenvalue weighted by molar-refractivity contribution is 0.147. The highest BCUT2D eigenvalue weighted by atomic mass is 79.9. The largest absolute Gasteiger partial charge is 0.388 e. The van der Waals surface area contributed by atoms with Crippen LogP contribution in [-0.4, -0.2) is 28.6 Å². The van der Waals surface area contributed by atoms with Crippen LogP contribution in [0, 0.1) is 0 Å². The second-order valence-electron chi connectivity index (χ2n) is 4.92. The molecule has 1 aromatic heterocycles. The zero-order chi connectivity index (χ0) is 14.4. The lowest BCUT2D eigenvalue weighted by Gasteiger charge is -2.18. The number of pyridine rings is 1. The molecule has 0 amide bonds. The Morgan fingerprint density at radius 1 is 1.25 bits per heavy atom. The molecule has 0 aliphatic heterocycles. The van der Waals surface area contributed by atoms with Crippen LogP contribution in [0.25, 0.3) is 0 Å². The normalized spacial score (nSPS) is 12.6. The Hall–Kier alpha value is -1.23.